The molecular formula is C36H35Cl4N7. The average Bonchev–Trinajstić information content (AvgIpc) is 3.72. The number of hydrogen-bond donors (Lipinski definition) is 1. The van der Waals surface area contributed by atoms with E-state index in [0.717, 1.165) is 80.8 Å². The molecule has 11 heteroatoms. The Labute approximate surface area is 295 Å². The van der Waals surface area contributed by atoms with Crippen LogP contribution in [0.5, 0.6) is 0 Å². The molecule has 0 amide bonds. The molecule has 47 heavy (non-hydrogen) atoms. The van der Waals surface area contributed by atoms with E-state index in [2.05, 4.69) is 26.3 Å². The predicted molar refractivity (Wildman–Crippen MR) is 200 cm³/mol. The highest BCUT2D eigenvalue weighted by atomic mass is 35.5. The Kier molecular flexibility index (Phi) is 11.6. The van der Waals surface area contributed by atoms with Crippen LogP contribution in [0.3, 0.4) is 0 Å². The fourth-order valence-corrected chi connectivity index (χ4v) is 6.60. The van der Waals surface area contributed by atoms with Crippen LogP contribution in [0.15, 0.2) is 77.8 Å². The molecule has 6 aromatic rings. The SMILES string of the molecule is C.C.Cn1nc2c(-c3ccc(Cl)cc3Cl)cccc2c1CC1=NCCN1.[C-]#[N+]Cc1c2cccc(-c3ccc(Cl)cc3Cl)c2nn1C. The smallest absolute Gasteiger partial charge is 0.256 e. The van der Waals surface area contributed by atoms with Gasteiger partial charge in [0.1, 0.15) is 22.6 Å². The highest BCUT2D eigenvalue weighted by Crippen LogP contribution is 2.37. The van der Waals surface area contributed by atoms with Crippen LogP contribution < -0.4 is 5.32 Å². The van der Waals surface area contributed by atoms with Gasteiger partial charge in [0.2, 0.25) is 0 Å². The maximum Gasteiger partial charge on any atom is 0.256 e. The van der Waals surface area contributed by atoms with E-state index < -0.39 is 0 Å². The van der Waals surface area contributed by atoms with Crippen LogP contribution in [0.4, 0.5) is 0 Å². The molecule has 0 saturated heterocycles. The van der Waals surface area contributed by atoms with Gasteiger partial charge in [0.05, 0.1) is 12.2 Å². The van der Waals surface area contributed by atoms with Crippen molar-refractivity contribution >= 4 is 74.0 Å². The Balaban J connectivity index is 0.000000206. The molecule has 0 saturated carbocycles. The summed E-state index contributed by atoms with van der Waals surface area (Å²) in [6, 6.07) is 23.1. The lowest BCUT2D eigenvalue weighted by Crippen LogP contribution is -2.21. The van der Waals surface area contributed by atoms with Gasteiger partial charge in [-0.2, -0.15) is 10.2 Å². The molecule has 3 heterocycles. The zero-order chi connectivity index (χ0) is 31.7. The normalized spacial score (nSPS) is 12.0. The Bertz CT molecular complexity index is 2140. The van der Waals surface area contributed by atoms with Gasteiger partial charge in [0.25, 0.3) is 6.54 Å². The van der Waals surface area contributed by atoms with E-state index in [1.165, 1.54) is 0 Å². The lowest BCUT2D eigenvalue weighted by molar-refractivity contribution is 0.737. The van der Waals surface area contributed by atoms with E-state index in [-0.39, 0.29) is 14.9 Å². The van der Waals surface area contributed by atoms with E-state index in [1.54, 1.807) is 16.8 Å². The van der Waals surface area contributed by atoms with Crippen molar-refractivity contribution in [3.8, 4) is 22.3 Å². The largest absolute Gasteiger partial charge is 0.372 e. The van der Waals surface area contributed by atoms with Crippen LogP contribution in [-0.2, 0) is 27.1 Å². The molecule has 0 fully saturated rings. The van der Waals surface area contributed by atoms with Gasteiger partial charge >= 0.3 is 0 Å². The van der Waals surface area contributed by atoms with Crippen molar-refractivity contribution in [1.29, 1.82) is 0 Å². The van der Waals surface area contributed by atoms with E-state index >= 15 is 0 Å². The van der Waals surface area contributed by atoms with Crippen LogP contribution in [-0.4, -0.2) is 38.5 Å². The van der Waals surface area contributed by atoms with Crippen LogP contribution in [0.2, 0.25) is 20.1 Å². The van der Waals surface area contributed by atoms with E-state index in [4.69, 9.17) is 58.1 Å². The highest BCUT2D eigenvalue weighted by Gasteiger charge is 2.18. The summed E-state index contributed by atoms with van der Waals surface area (Å²) in [5.74, 6) is 1.02. The van der Waals surface area contributed by atoms with Crippen molar-refractivity contribution < 1.29 is 0 Å². The molecular weight excluding hydrogens is 672 g/mol. The quantitative estimate of drug-likeness (QED) is 0.182. The third-order valence-electron chi connectivity index (χ3n) is 7.72. The second-order valence-corrected chi connectivity index (χ2v) is 12.2. The molecule has 0 radical (unpaired) electrons. The van der Waals surface area contributed by atoms with Gasteiger partial charge in [0, 0.05) is 80.2 Å². The summed E-state index contributed by atoms with van der Waals surface area (Å²) < 4.78 is 3.69. The third-order valence-corrected chi connectivity index (χ3v) is 8.82. The summed E-state index contributed by atoms with van der Waals surface area (Å²) in [6.07, 6.45) is 0.755. The van der Waals surface area contributed by atoms with E-state index in [0.29, 0.717) is 26.6 Å². The van der Waals surface area contributed by atoms with Gasteiger partial charge in [-0.15, -0.1) is 0 Å². The average molecular weight is 708 g/mol. The molecule has 0 aliphatic carbocycles. The molecule has 2 aromatic heterocycles. The van der Waals surface area contributed by atoms with Crippen molar-refractivity contribution in [2.24, 2.45) is 19.1 Å². The van der Waals surface area contributed by atoms with Crippen LogP contribution in [0.25, 0.3) is 48.9 Å². The Morgan fingerprint density at radius 1 is 0.723 bits per heavy atom. The minimum atomic E-state index is 0. The molecule has 1 N–H and O–H groups in total. The number of fused-ring (bicyclic) bond motifs is 2. The maximum absolute atomic E-state index is 7.07. The molecule has 1 aliphatic rings. The second kappa shape index (κ2) is 15.2. The Morgan fingerprint density at radius 2 is 1.23 bits per heavy atom. The highest BCUT2D eigenvalue weighted by molar-refractivity contribution is 6.37. The lowest BCUT2D eigenvalue weighted by atomic mass is 10.0. The number of benzene rings is 4. The molecule has 0 spiro atoms. The monoisotopic (exact) mass is 705 g/mol. The molecule has 0 bridgehead atoms. The van der Waals surface area contributed by atoms with Crippen molar-refractivity contribution in [3.05, 3.63) is 116 Å². The third kappa shape index (κ3) is 7.27. The summed E-state index contributed by atoms with van der Waals surface area (Å²) in [7, 11) is 3.83. The number of aromatic nitrogens is 4. The number of aryl methyl sites for hydroxylation is 2. The summed E-state index contributed by atoms with van der Waals surface area (Å²) >= 11 is 24.7. The first-order valence-corrected chi connectivity index (χ1v) is 15.7. The first-order chi connectivity index (χ1) is 21.7. The Hall–Kier alpha value is -4.06. The zero-order valence-corrected chi connectivity index (χ0v) is 27.5. The maximum atomic E-state index is 7.07. The summed E-state index contributed by atoms with van der Waals surface area (Å²) in [6.45, 7) is 9.14. The lowest BCUT2D eigenvalue weighted by Gasteiger charge is -2.06. The number of hydrogen-bond acceptors (Lipinski definition) is 4. The van der Waals surface area contributed by atoms with Crippen LogP contribution >= 0.6 is 46.4 Å². The van der Waals surface area contributed by atoms with Crippen molar-refractivity contribution in [2.75, 3.05) is 13.1 Å². The first kappa shape index (κ1) is 35.8. The van der Waals surface area contributed by atoms with E-state index in [9.17, 15) is 0 Å². The molecule has 4 aromatic carbocycles. The number of aliphatic imine (C=N–C) groups is 1. The number of halogens is 4. The molecule has 7 rings (SSSR count). The predicted octanol–water partition coefficient (Wildman–Crippen LogP) is 10.3. The number of rotatable bonds is 5. The van der Waals surface area contributed by atoms with E-state index in [1.807, 2.05) is 73.4 Å². The Morgan fingerprint density at radius 3 is 1.70 bits per heavy atom. The van der Waals surface area contributed by atoms with Gasteiger partial charge < -0.3 is 10.2 Å². The summed E-state index contributed by atoms with van der Waals surface area (Å²) in [5, 5.41) is 17.2. The van der Waals surface area contributed by atoms with Crippen LogP contribution in [0, 0.1) is 6.57 Å². The number of amidine groups is 1. The van der Waals surface area contributed by atoms with Gasteiger partial charge in [-0.25, -0.2) is 6.57 Å². The number of nitrogens with one attached hydrogen (secondary N) is 1. The van der Waals surface area contributed by atoms with Crippen molar-refractivity contribution in [3.63, 3.8) is 0 Å². The molecule has 242 valence electrons. The van der Waals surface area contributed by atoms with Gasteiger partial charge in [-0.1, -0.05) is 110 Å². The van der Waals surface area contributed by atoms with Gasteiger partial charge in [0.15, 0.2) is 0 Å². The molecule has 0 atom stereocenters. The van der Waals surface area contributed by atoms with Crippen molar-refractivity contribution in [2.45, 2.75) is 27.8 Å². The number of nitrogens with zero attached hydrogens (tertiary/aromatic N) is 6. The zero-order valence-electron chi connectivity index (χ0n) is 24.5. The van der Waals surface area contributed by atoms with Gasteiger partial charge in [-0.05, 0) is 24.3 Å². The second-order valence-electron chi connectivity index (χ2n) is 10.5. The fourth-order valence-electron chi connectivity index (χ4n) is 5.58. The standard InChI is InChI=1S/C18H16Cl2N4.C16H11Cl2N3.2CH4/c1-24-16(10-17-21-7-8-22-17)14-4-2-3-13(18(14)23-24)12-6-5-11(19)9-15(12)20;1-19-9-15-13-5-3-4-12(16(13)20-21(15)2)11-7-6-10(17)8-14(11)18;;/h2-6,9H,7-8,10H2,1H3,(H,21,22);3-8H,9H2,2H3;2*1H4. The molecule has 7 nitrogen and oxygen atoms in total. The first-order valence-electron chi connectivity index (χ1n) is 14.2. The topological polar surface area (TPSA) is 64.4 Å². The minimum absolute atomic E-state index is 0. The molecule has 1 aliphatic heterocycles. The fraction of sp³-hybridized carbons (Fsp3) is 0.222. The summed E-state index contributed by atoms with van der Waals surface area (Å²) in [5.41, 5.74) is 7.63. The molecule has 0 unspecified atom stereocenters. The summed E-state index contributed by atoms with van der Waals surface area (Å²) in [4.78, 5) is 7.96. The van der Waals surface area contributed by atoms with Crippen molar-refractivity contribution in [1.82, 2.24) is 24.9 Å². The minimum Gasteiger partial charge on any atom is -0.372 e. The van der Waals surface area contributed by atoms with Crippen LogP contribution in [0.1, 0.15) is 26.2 Å². The van der Waals surface area contributed by atoms with Gasteiger partial charge in [-0.3, -0.25) is 14.4 Å².